The Balaban J connectivity index is 1.36. The number of piperidine rings is 2. The number of nitrogens with zero attached hydrogens (tertiary/aromatic N) is 2. The summed E-state index contributed by atoms with van der Waals surface area (Å²) in [4.78, 5) is 33.7. The van der Waals surface area contributed by atoms with Gasteiger partial charge in [-0.1, -0.05) is 31.5 Å². The lowest BCUT2D eigenvalue weighted by Gasteiger charge is -2.40. The number of halogens is 1. The fourth-order valence-electron chi connectivity index (χ4n) is 5.26. The van der Waals surface area contributed by atoms with Crippen molar-refractivity contribution in [3.05, 3.63) is 35.0 Å². The lowest BCUT2D eigenvalue weighted by atomic mass is 9.78. The molecule has 2 N–H and O–H groups in total. The summed E-state index contributed by atoms with van der Waals surface area (Å²) in [7, 11) is 2.20. The van der Waals surface area contributed by atoms with E-state index in [1.54, 1.807) is 18.3 Å². The molecule has 2 fully saturated rings. The van der Waals surface area contributed by atoms with E-state index in [4.69, 9.17) is 11.6 Å². The van der Waals surface area contributed by atoms with Gasteiger partial charge in [-0.3, -0.25) is 9.59 Å². The molecule has 32 heavy (non-hydrogen) atoms. The van der Waals surface area contributed by atoms with Gasteiger partial charge in [0, 0.05) is 35.8 Å². The Hall–Kier alpha value is -2.05. The minimum Gasteiger partial charge on any atom is -0.360 e. The Morgan fingerprint density at radius 1 is 1.06 bits per heavy atom. The molecule has 0 aliphatic carbocycles. The summed E-state index contributed by atoms with van der Waals surface area (Å²) in [5.41, 5.74) is 1.33. The Bertz CT molecular complexity index is 956. The van der Waals surface area contributed by atoms with Crippen LogP contribution in [0.15, 0.2) is 24.4 Å². The third kappa shape index (κ3) is 4.96. The number of amides is 2. The number of H-pyrrole nitrogens is 1. The third-order valence-electron chi connectivity index (χ3n) is 7.39. The summed E-state index contributed by atoms with van der Waals surface area (Å²) in [5.74, 6) is 1.34. The van der Waals surface area contributed by atoms with Crippen molar-refractivity contribution in [2.75, 3.05) is 33.2 Å². The van der Waals surface area contributed by atoms with Crippen molar-refractivity contribution < 1.29 is 9.59 Å². The fourth-order valence-corrected chi connectivity index (χ4v) is 5.48. The molecule has 1 atom stereocenters. The summed E-state index contributed by atoms with van der Waals surface area (Å²) in [5, 5.41) is 4.51. The summed E-state index contributed by atoms with van der Waals surface area (Å²) in [6, 6.07) is 4.85. The number of carbonyl (C=O) groups is 2. The Kier molecular flexibility index (Phi) is 7.11. The highest BCUT2D eigenvalue weighted by Crippen LogP contribution is 2.32. The van der Waals surface area contributed by atoms with Crippen LogP contribution >= 0.6 is 11.6 Å². The summed E-state index contributed by atoms with van der Waals surface area (Å²) in [6.07, 6.45) is 6.40. The second kappa shape index (κ2) is 9.84. The average Bonchev–Trinajstić information content (AvgIpc) is 3.17. The van der Waals surface area contributed by atoms with Gasteiger partial charge in [0.25, 0.3) is 5.91 Å². The number of fused-ring (bicyclic) bond motifs is 1. The van der Waals surface area contributed by atoms with Crippen molar-refractivity contribution in [3.8, 4) is 0 Å². The first kappa shape index (κ1) is 23.1. The fraction of sp³-hybridized carbons (Fsp3) is 0.600. The van der Waals surface area contributed by atoms with E-state index in [9.17, 15) is 9.59 Å². The second-order valence-electron chi connectivity index (χ2n) is 9.90. The SMILES string of the molecule is CC(C)[C@@H](NC(=O)c1ccc2c(Cl)c[nH]c2c1)C(=O)N1CCC(C2CCN(C)CC2)CC1. The normalized spacial score (nSPS) is 20.1. The van der Waals surface area contributed by atoms with E-state index in [-0.39, 0.29) is 17.7 Å². The first-order valence-corrected chi connectivity index (χ1v) is 12.3. The van der Waals surface area contributed by atoms with Gasteiger partial charge < -0.3 is 20.1 Å². The molecule has 2 amide bonds. The Morgan fingerprint density at radius 2 is 1.69 bits per heavy atom. The van der Waals surface area contributed by atoms with Crippen LogP contribution in [0, 0.1) is 17.8 Å². The van der Waals surface area contributed by atoms with Crippen molar-refractivity contribution in [3.63, 3.8) is 0 Å². The van der Waals surface area contributed by atoms with Crippen LogP contribution in [0.5, 0.6) is 0 Å². The lowest BCUT2D eigenvalue weighted by Crippen LogP contribution is -2.53. The van der Waals surface area contributed by atoms with Gasteiger partial charge in [0.2, 0.25) is 5.91 Å². The molecule has 2 aromatic rings. The molecule has 2 aliphatic rings. The maximum Gasteiger partial charge on any atom is 0.252 e. The topological polar surface area (TPSA) is 68.4 Å². The lowest BCUT2D eigenvalue weighted by molar-refractivity contribution is -0.136. The zero-order valence-corrected chi connectivity index (χ0v) is 20.1. The van der Waals surface area contributed by atoms with Gasteiger partial charge in [-0.15, -0.1) is 0 Å². The van der Waals surface area contributed by atoms with Gasteiger partial charge in [0.05, 0.1) is 5.02 Å². The monoisotopic (exact) mass is 458 g/mol. The number of hydrogen-bond acceptors (Lipinski definition) is 3. The molecule has 3 heterocycles. The number of benzene rings is 1. The maximum absolute atomic E-state index is 13.3. The predicted molar refractivity (Wildman–Crippen MR) is 129 cm³/mol. The quantitative estimate of drug-likeness (QED) is 0.707. The molecular weight excluding hydrogens is 424 g/mol. The molecule has 1 aromatic carbocycles. The zero-order chi connectivity index (χ0) is 22.8. The third-order valence-corrected chi connectivity index (χ3v) is 7.71. The van der Waals surface area contributed by atoms with E-state index in [1.165, 1.54) is 25.9 Å². The molecule has 0 spiro atoms. The average molecular weight is 459 g/mol. The molecule has 2 aliphatic heterocycles. The minimum absolute atomic E-state index is 0.0155. The summed E-state index contributed by atoms with van der Waals surface area (Å²) in [6.45, 7) is 7.94. The second-order valence-corrected chi connectivity index (χ2v) is 10.3. The molecule has 0 bridgehead atoms. The minimum atomic E-state index is -0.523. The van der Waals surface area contributed by atoms with Gasteiger partial charge in [-0.25, -0.2) is 0 Å². The van der Waals surface area contributed by atoms with Crippen LogP contribution in [-0.4, -0.2) is 65.9 Å². The number of hydrogen-bond donors (Lipinski definition) is 2. The molecule has 6 nitrogen and oxygen atoms in total. The maximum atomic E-state index is 13.3. The molecule has 2 saturated heterocycles. The predicted octanol–water partition coefficient (Wildman–Crippen LogP) is 4.16. The molecule has 7 heteroatoms. The zero-order valence-electron chi connectivity index (χ0n) is 19.4. The van der Waals surface area contributed by atoms with Crippen LogP contribution in [0.1, 0.15) is 49.9 Å². The molecular formula is C25H35ClN4O2. The van der Waals surface area contributed by atoms with Crippen molar-refractivity contribution >= 4 is 34.3 Å². The highest BCUT2D eigenvalue weighted by Gasteiger charge is 2.34. The van der Waals surface area contributed by atoms with Crippen LogP contribution in [-0.2, 0) is 4.79 Å². The smallest absolute Gasteiger partial charge is 0.252 e. The van der Waals surface area contributed by atoms with E-state index < -0.39 is 6.04 Å². The molecule has 0 unspecified atom stereocenters. The van der Waals surface area contributed by atoms with Crippen molar-refractivity contribution in [2.45, 2.75) is 45.6 Å². The van der Waals surface area contributed by atoms with Crippen LogP contribution < -0.4 is 5.32 Å². The number of aromatic nitrogens is 1. The van der Waals surface area contributed by atoms with E-state index in [2.05, 4.69) is 22.2 Å². The number of rotatable bonds is 5. The summed E-state index contributed by atoms with van der Waals surface area (Å²) >= 11 is 6.14. The van der Waals surface area contributed by atoms with Crippen LogP contribution in [0.2, 0.25) is 5.02 Å². The van der Waals surface area contributed by atoms with Crippen LogP contribution in [0.4, 0.5) is 0 Å². The molecule has 0 radical (unpaired) electrons. The van der Waals surface area contributed by atoms with E-state index in [1.807, 2.05) is 24.8 Å². The molecule has 174 valence electrons. The first-order valence-electron chi connectivity index (χ1n) is 11.9. The van der Waals surface area contributed by atoms with Crippen molar-refractivity contribution in [1.29, 1.82) is 0 Å². The van der Waals surface area contributed by atoms with Crippen molar-refractivity contribution in [2.24, 2.45) is 17.8 Å². The van der Waals surface area contributed by atoms with E-state index >= 15 is 0 Å². The Labute approximate surface area is 195 Å². The largest absolute Gasteiger partial charge is 0.360 e. The number of aromatic amines is 1. The summed E-state index contributed by atoms with van der Waals surface area (Å²) < 4.78 is 0. The number of carbonyl (C=O) groups excluding carboxylic acids is 2. The highest BCUT2D eigenvalue weighted by molar-refractivity contribution is 6.35. The van der Waals surface area contributed by atoms with E-state index in [0.717, 1.165) is 48.7 Å². The van der Waals surface area contributed by atoms with Crippen LogP contribution in [0.25, 0.3) is 10.9 Å². The first-order chi connectivity index (χ1) is 15.3. The molecule has 1 aromatic heterocycles. The number of likely N-dealkylation sites (tertiary alicyclic amines) is 2. The van der Waals surface area contributed by atoms with Gasteiger partial charge in [-0.2, -0.15) is 0 Å². The van der Waals surface area contributed by atoms with Crippen LogP contribution in [0.3, 0.4) is 0 Å². The van der Waals surface area contributed by atoms with Gasteiger partial charge in [0.15, 0.2) is 0 Å². The Morgan fingerprint density at radius 3 is 2.31 bits per heavy atom. The highest BCUT2D eigenvalue weighted by atomic mass is 35.5. The van der Waals surface area contributed by atoms with Gasteiger partial charge in [0.1, 0.15) is 6.04 Å². The number of nitrogens with one attached hydrogen (secondary N) is 2. The standard InChI is InChI=1S/C25H35ClN4O2/c1-16(2)23(28-24(31)19-4-5-20-21(26)15-27-22(20)14-19)25(32)30-12-8-18(9-13-30)17-6-10-29(3)11-7-17/h4-5,14-18,23,27H,6-13H2,1-3H3,(H,28,31)/t23-/m1/s1. The van der Waals surface area contributed by atoms with Gasteiger partial charge >= 0.3 is 0 Å². The van der Waals surface area contributed by atoms with Gasteiger partial charge in [-0.05, 0) is 75.7 Å². The van der Waals surface area contributed by atoms with Crippen molar-refractivity contribution in [1.82, 2.24) is 20.1 Å². The van der Waals surface area contributed by atoms with E-state index in [0.29, 0.717) is 10.6 Å². The molecule has 0 saturated carbocycles. The molecule has 4 rings (SSSR count).